The average Bonchev–Trinajstić information content (AvgIpc) is 2.76. The molecule has 0 aromatic heterocycles. The van der Waals surface area contributed by atoms with Crippen LogP contribution in [-0.4, -0.2) is 11.6 Å². The first-order valence-electron chi connectivity index (χ1n) is 12.7. The van der Waals surface area contributed by atoms with Crippen molar-refractivity contribution >= 4 is 11.6 Å². The molecule has 2 nitrogen and oxygen atoms in total. The monoisotopic (exact) mass is 410 g/mol. The summed E-state index contributed by atoms with van der Waals surface area (Å²) < 4.78 is 0. The van der Waals surface area contributed by atoms with Crippen molar-refractivity contribution in [1.29, 1.82) is 0 Å². The van der Waals surface area contributed by atoms with E-state index in [-0.39, 0.29) is 23.4 Å². The van der Waals surface area contributed by atoms with Crippen molar-refractivity contribution in [3.8, 4) is 0 Å². The van der Waals surface area contributed by atoms with Crippen molar-refractivity contribution in [3.05, 3.63) is 35.9 Å². The second kappa shape index (κ2) is 11.8. The minimum atomic E-state index is -0.356. The molecule has 0 bridgehead atoms. The van der Waals surface area contributed by atoms with Crippen molar-refractivity contribution in [2.24, 2.45) is 23.7 Å². The van der Waals surface area contributed by atoms with Gasteiger partial charge in [0, 0.05) is 12.3 Å². The van der Waals surface area contributed by atoms with Crippen LogP contribution in [0.4, 0.5) is 0 Å². The molecule has 0 amide bonds. The predicted octanol–water partition coefficient (Wildman–Crippen LogP) is 7.51. The summed E-state index contributed by atoms with van der Waals surface area (Å²) in [5.74, 6) is 1.76. The Morgan fingerprint density at radius 1 is 0.867 bits per heavy atom. The first-order chi connectivity index (χ1) is 14.6. The number of benzene rings is 1. The third-order valence-electron chi connectivity index (χ3n) is 7.83. The number of Topliss-reactive ketones (excluding diaryl/α,β-unsaturated/α-hetero) is 2. The van der Waals surface area contributed by atoms with Crippen molar-refractivity contribution in [2.45, 2.75) is 103 Å². The van der Waals surface area contributed by atoms with Crippen LogP contribution in [0.15, 0.2) is 30.3 Å². The summed E-state index contributed by atoms with van der Waals surface area (Å²) in [6.45, 7) is 4.45. The molecule has 30 heavy (non-hydrogen) atoms. The van der Waals surface area contributed by atoms with Gasteiger partial charge in [0.15, 0.2) is 5.78 Å². The van der Waals surface area contributed by atoms with Gasteiger partial charge >= 0.3 is 0 Å². The molecule has 2 saturated carbocycles. The minimum Gasteiger partial charge on any atom is -0.299 e. The minimum absolute atomic E-state index is 0.0838. The van der Waals surface area contributed by atoms with Crippen molar-refractivity contribution in [2.75, 3.05) is 0 Å². The molecule has 0 aliphatic heterocycles. The van der Waals surface area contributed by atoms with Crippen LogP contribution in [0.1, 0.15) is 109 Å². The zero-order chi connectivity index (χ0) is 21.3. The van der Waals surface area contributed by atoms with E-state index in [0.29, 0.717) is 18.3 Å². The highest BCUT2D eigenvalue weighted by atomic mass is 16.2. The van der Waals surface area contributed by atoms with Gasteiger partial charge in [0.2, 0.25) is 0 Å². The Morgan fingerprint density at radius 2 is 1.57 bits per heavy atom. The van der Waals surface area contributed by atoms with Crippen LogP contribution in [0.2, 0.25) is 0 Å². The molecular weight excluding hydrogens is 368 g/mol. The van der Waals surface area contributed by atoms with E-state index in [4.69, 9.17) is 0 Å². The van der Waals surface area contributed by atoms with E-state index in [1.54, 1.807) is 0 Å². The Hall–Kier alpha value is -1.44. The van der Waals surface area contributed by atoms with E-state index in [2.05, 4.69) is 26.0 Å². The van der Waals surface area contributed by atoms with Gasteiger partial charge < -0.3 is 0 Å². The normalized spacial score (nSPS) is 28.3. The van der Waals surface area contributed by atoms with E-state index in [9.17, 15) is 9.59 Å². The molecule has 3 atom stereocenters. The van der Waals surface area contributed by atoms with Crippen LogP contribution < -0.4 is 0 Å². The largest absolute Gasteiger partial charge is 0.299 e. The Balaban J connectivity index is 1.68. The van der Waals surface area contributed by atoms with Crippen LogP contribution in [-0.2, 0) is 9.59 Å². The maximum Gasteiger partial charge on any atom is 0.151 e. The van der Waals surface area contributed by atoms with Gasteiger partial charge in [-0.15, -0.1) is 0 Å². The lowest BCUT2D eigenvalue weighted by atomic mass is 9.67. The predicted molar refractivity (Wildman–Crippen MR) is 125 cm³/mol. The number of carbonyl (C=O) groups excluding carboxylic acids is 2. The van der Waals surface area contributed by atoms with Crippen LogP contribution in [0.5, 0.6) is 0 Å². The highest BCUT2D eigenvalue weighted by Gasteiger charge is 2.40. The molecule has 2 aliphatic carbocycles. The molecule has 0 spiro atoms. The summed E-state index contributed by atoms with van der Waals surface area (Å²) in [6, 6.07) is 10.3. The zero-order valence-corrected chi connectivity index (χ0v) is 19.3. The number of hydrogen-bond donors (Lipinski definition) is 0. The summed E-state index contributed by atoms with van der Waals surface area (Å²) in [6.07, 6.45) is 14.8. The summed E-state index contributed by atoms with van der Waals surface area (Å²) in [5, 5.41) is 0. The fraction of sp³-hybridized carbons (Fsp3) is 0.714. The topological polar surface area (TPSA) is 34.1 Å². The maximum absolute atomic E-state index is 13.7. The molecule has 2 fully saturated rings. The Kier molecular flexibility index (Phi) is 9.15. The van der Waals surface area contributed by atoms with Crippen LogP contribution >= 0.6 is 0 Å². The van der Waals surface area contributed by atoms with Gasteiger partial charge in [0.05, 0.1) is 5.92 Å². The fourth-order valence-electron chi connectivity index (χ4n) is 6.09. The maximum atomic E-state index is 13.7. The molecule has 166 valence electrons. The second-order valence-electron chi connectivity index (χ2n) is 10.0. The number of ketones is 2. The summed E-state index contributed by atoms with van der Waals surface area (Å²) in [7, 11) is 0. The molecule has 2 aliphatic rings. The van der Waals surface area contributed by atoms with Gasteiger partial charge in [-0.3, -0.25) is 9.59 Å². The number of carbonyl (C=O) groups is 2. The summed E-state index contributed by atoms with van der Waals surface area (Å²) >= 11 is 0. The first kappa shape index (κ1) is 23.2. The van der Waals surface area contributed by atoms with E-state index >= 15 is 0 Å². The molecule has 3 unspecified atom stereocenters. The molecule has 0 saturated heterocycles. The summed E-state index contributed by atoms with van der Waals surface area (Å²) in [4.78, 5) is 26.7. The molecule has 2 heteroatoms. The van der Waals surface area contributed by atoms with Crippen molar-refractivity contribution in [3.63, 3.8) is 0 Å². The third kappa shape index (κ3) is 6.05. The number of hydrogen-bond acceptors (Lipinski definition) is 2. The third-order valence-corrected chi connectivity index (χ3v) is 7.83. The van der Waals surface area contributed by atoms with E-state index in [0.717, 1.165) is 50.0 Å². The van der Waals surface area contributed by atoms with Crippen molar-refractivity contribution in [1.82, 2.24) is 0 Å². The number of unbranched alkanes of at least 4 members (excludes halogenated alkanes) is 2. The molecule has 1 aromatic rings. The van der Waals surface area contributed by atoms with Crippen LogP contribution in [0, 0.1) is 23.7 Å². The first-order valence-corrected chi connectivity index (χ1v) is 12.7. The van der Waals surface area contributed by atoms with Crippen molar-refractivity contribution < 1.29 is 9.59 Å². The Bertz CT molecular complexity index is 656. The van der Waals surface area contributed by atoms with Gasteiger partial charge in [-0.2, -0.15) is 0 Å². The van der Waals surface area contributed by atoms with Gasteiger partial charge in [0.25, 0.3) is 0 Å². The zero-order valence-electron chi connectivity index (χ0n) is 19.3. The lowest BCUT2D eigenvalue weighted by Crippen LogP contribution is -2.37. The van der Waals surface area contributed by atoms with E-state index in [1.807, 2.05) is 18.2 Å². The highest BCUT2D eigenvalue weighted by Crippen LogP contribution is 2.43. The molecule has 0 radical (unpaired) electrons. The molecular formula is C28H42O2. The number of rotatable bonds is 10. The fourth-order valence-corrected chi connectivity index (χ4v) is 6.09. The molecule has 0 N–H and O–H groups in total. The Morgan fingerprint density at radius 3 is 2.20 bits per heavy atom. The molecule has 1 aromatic carbocycles. The SMILES string of the molecule is CCCCCC1CCC(C(C(=O)C2CCC(CCC)CC2=O)c2ccccc2)CC1. The lowest BCUT2D eigenvalue weighted by Gasteiger charge is -2.36. The quantitative estimate of drug-likeness (QED) is 0.295. The van der Waals surface area contributed by atoms with E-state index < -0.39 is 0 Å². The Labute approximate surface area is 184 Å². The molecule has 3 rings (SSSR count). The molecule has 0 heterocycles. The van der Waals surface area contributed by atoms with Gasteiger partial charge in [-0.25, -0.2) is 0 Å². The smallest absolute Gasteiger partial charge is 0.151 e. The summed E-state index contributed by atoms with van der Waals surface area (Å²) in [5.41, 5.74) is 1.14. The van der Waals surface area contributed by atoms with Gasteiger partial charge in [0.1, 0.15) is 5.78 Å². The standard InChI is InChI=1S/C28H42O2/c1-3-5-7-11-21-14-17-24(18-15-21)27(23-12-8-6-9-13-23)28(30)25-19-16-22(10-4-2)20-26(25)29/h6,8-9,12-13,21-22,24-25,27H,3-5,7,10-11,14-20H2,1-2H3. The van der Waals surface area contributed by atoms with Crippen LogP contribution in [0.25, 0.3) is 0 Å². The van der Waals surface area contributed by atoms with E-state index in [1.165, 1.54) is 38.5 Å². The van der Waals surface area contributed by atoms with Crippen LogP contribution in [0.3, 0.4) is 0 Å². The van der Waals surface area contributed by atoms with Gasteiger partial charge in [-0.05, 0) is 49.0 Å². The second-order valence-corrected chi connectivity index (χ2v) is 10.0. The highest BCUT2D eigenvalue weighted by molar-refractivity contribution is 6.05. The lowest BCUT2D eigenvalue weighted by molar-refractivity contribution is -0.137. The van der Waals surface area contributed by atoms with Gasteiger partial charge in [-0.1, -0.05) is 95.5 Å². The average molecular weight is 411 g/mol.